The Balaban J connectivity index is 0.000000383. The second-order valence-electron chi connectivity index (χ2n) is 8.01. The zero-order chi connectivity index (χ0) is 24.6. The Morgan fingerprint density at radius 3 is 2.39 bits per heavy atom. The van der Waals surface area contributed by atoms with E-state index >= 15 is 0 Å². The third-order valence-electron chi connectivity index (χ3n) is 5.78. The third-order valence-corrected chi connectivity index (χ3v) is 5.78. The van der Waals surface area contributed by atoms with E-state index in [0.717, 1.165) is 12.1 Å². The summed E-state index contributed by atoms with van der Waals surface area (Å²) < 4.78 is 38.4. The predicted octanol–water partition coefficient (Wildman–Crippen LogP) is 0.913. The van der Waals surface area contributed by atoms with Gasteiger partial charge in [-0.25, -0.2) is 4.79 Å². The molecule has 33 heavy (non-hydrogen) atoms. The lowest BCUT2D eigenvalue weighted by atomic mass is 9.93. The number of rotatable bonds is 2. The zero-order valence-electron chi connectivity index (χ0n) is 18.2. The molecule has 2 aliphatic rings. The van der Waals surface area contributed by atoms with Crippen molar-refractivity contribution in [1.82, 2.24) is 24.7 Å². The molecular weight excluding hydrogens is 449 g/mol. The number of aliphatic carboxylic acids is 1. The van der Waals surface area contributed by atoms with Crippen molar-refractivity contribution < 1.29 is 37.2 Å². The number of aromatic nitrogens is 3. The summed E-state index contributed by atoms with van der Waals surface area (Å²) in [6.07, 6.45) is 0.743. The van der Waals surface area contributed by atoms with E-state index in [9.17, 15) is 22.8 Å². The topological polar surface area (TPSA) is 125 Å². The SMILES string of the molecule is Cc1oncc1C(=O)N1CCC2(C1)CN(c1cnn(C)c1)C(=O)CN2C.O=C(O)C(F)(F)F. The van der Waals surface area contributed by atoms with Gasteiger partial charge in [-0.1, -0.05) is 5.16 Å². The van der Waals surface area contributed by atoms with E-state index in [1.165, 1.54) is 6.20 Å². The first-order valence-electron chi connectivity index (χ1n) is 9.85. The first-order chi connectivity index (χ1) is 15.3. The second kappa shape index (κ2) is 8.84. The maximum atomic E-state index is 12.8. The summed E-state index contributed by atoms with van der Waals surface area (Å²) >= 11 is 0. The van der Waals surface area contributed by atoms with Crippen LogP contribution in [-0.4, -0.2) is 92.6 Å². The van der Waals surface area contributed by atoms with Crippen molar-refractivity contribution in [2.24, 2.45) is 7.05 Å². The number of piperazine rings is 1. The van der Waals surface area contributed by atoms with Gasteiger partial charge in [0.25, 0.3) is 5.91 Å². The number of hydrogen-bond acceptors (Lipinski definition) is 7. The normalized spacial score (nSPS) is 21.3. The third kappa shape index (κ3) is 4.99. The Morgan fingerprint density at radius 2 is 1.88 bits per heavy atom. The lowest BCUT2D eigenvalue weighted by Gasteiger charge is -2.46. The summed E-state index contributed by atoms with van der Waals surface area (Å²) in [7, 11) is 3.79. The molecule has 0 aliphatic carbocycles. The summed E-state index contributed by atoms with van der Waals surface area (Å²) in [6, 6.07) is 0. The van der Waals surface area contributed by atoms with Gasteiger partial charge in [0.2, 0.25) is 5.91 Å². The summed E-state index contributed by atoms with van der Waals surface area (Å²) in [4.78, 5) is 39.9. The van der Waals surface area contributed by atoms with Crippen LogP contribution in [0.3, 0.4) is 0 Å². The molecular formula is C19H23F3N6O5. The van der Waals surface area contributed by atoms with Gasteiger partial charge >= 0.3 is 12.1 Å². The first kappa shape index (κ1) is 24.2. The smallest absolute Gasteiger partial charge is 0.475 e. The number of carbonyl (C=O) groups excluding carboxylic acids is 2. The number of anilines is 1. The van der Waals surface area contributed by atoms with E-state index in [1.54, 1.807) is 22.7 Å². The van der Waals surface area contributed by atoms with Crippen molar-refractivity contribution in [3.63, 3.8) is 0 Å². The molecule has 11 nitrogen and oxygen atoms in total. The Kier molecular flexibility index (Phi) is 6.49. The van der Waals surface area contributed by atoms with Crippen LogP contribution in [0, 0.1) is 6.92 Å². The van der Waals surface area contributed by atoms with Crippen molar-refractivity contribution in [3.8, 4) is 0 Å². The Hall–Kier alpha value is -3.42. The summed E-state index contributed by atoms with van der Waals surface area (Å²) in [5.41, 5.74) is 1.04. The number of nitrogens with zero attached hydrogens (tertiary/aromatic N) is 6. The fraction of sp³-hybridized carbons (Fsp3) is 0.526. The predicted molar refractivity (Wildman–Crippen MR) is 106 cm³/mol. The average Bonchev–Trinajstić information content (AvgIpc) is 3.45. The van der Waals surface area contributed by atoms with Gasteiger partial charge in [-0.05, 0) is 20.4 Å². The maximum Gasteiger partial charge on any atom is 0.490 e. The number of carboxylic acids is 1. The van der Waals surface area contributed by atoms with Gasteiger partial charge in [-0.3, -0.25) is 19.2 Å². The van der Waals surface area contributed by atoms with E-state index in [-0.39, 0.29) is 17.4 Å². The van der Waals surface area contributed by atoms with Gasteiger partial charge in [0.1, 0.15) is 11.3 Å². The van der Waals surface area contributed by atoms with Gasteiger partial charge in [-0.15, -0.1) is 0 Å². The van der Waals surface area contributed by atoms with Crippen LogP contribution >= 0.6 is 0 Å². The van der Waals surface area contributed by atoms with E-state index in [0.29, 0.717) is 37.5 Å². The molecule has 1 spiro atoms. The van der Waals surface area contributed by atoms with E-state index in [4.69, 9.17) is 14.4 Å². The van der Waals surface area contributed by atoms with Crippen LogP contribution in [0.4, 0.5) is 18.9 Å². The highest BCUT2D eigenvalue weighted by Crippen LogP contribution is 2.34. The minimum absolute atomic E-state index is 0.0470. The molecule has 0 saturated carbocycles. The van der Waals surface area contributed by atoms with Crippen molar-refractivity contribution >= 4 is 23.5 Å². The van der Waals surface area contributed by atoms with E-state index in [1.807, 2.05) is 25.2 Å². The van der Waals surface area contributed by atoms with Crippen LogP contribution in [-0.2, 0) is 16.6 Å². The van der Waals surface area contributed by atoms with Gasteiger partial charge in [-0.2, -0.15) is 18.3 Å². The van der Waals surface area contributed by atoms with Crippen LogP contribution < -0.4 is 4.90 Å². The highest BCUT2D eigenvalue weighted by Gasteiger charge is 2.49. The molecule has 2 aromatic heterocycles. The minimum Gasteiger partial charge on any atom is -0.475 e. The highest BCUT2D eigenvalue weighted by atomic mass is 19.4. The molecule has 1 N–H and O–H groups in total. The Labute approximate surface area is 186 Å². The van der Waals surface area contributed by atoms with Gasteiger partial charge < -0.3 is 19.4 Å². The molecule has 0 bridgehead atoms. The lowest BCUT2D eigenvalue weighted by molar-refractivity contribution is -0.192. The number of amides is 2. The monoisotopic (exact) mass is 472 g/mol. The Morgan fingerprint density at radius 1 is 1.21 bits per heavy atom. The molecule has 2 aromatic rings. The maximum absolute atomic E-state index is 12.8. The largest absolute Gasteiger partial charge is 0.490 e. The fourth-order valence-corrected chi connectivity index (χ4v) is 3.89. The van der Waals surface area contributed by atoms with Crippen molar-refractivity contribution in [2.45, 2.75) is 25.1 Å². The average molecular weight is 472 g/mol. The molecule has 2 fully saturated rings. The van der Waals surface area contributed by atoms with Crippen molar-refractivity contribution in [3.05, 3.63) is 29.9 Å². The number of aryl methyl sites for hydroxylation is 2. The van der Waals surface area contributed by atoms with Crippen molar-refractivity contribution in [1.29, 1.82) is 0 Å². The fourth-order valence-electron chi connectivity index (χ4n) is 3.89. The molecule has 2 aliphatic heterocycles. The number of carbonyl (C=O) groups is 3. The van der Waals surface area contributed by atoms with E-state index in [2.05, 4.69) is 15.2 Å². The molecule has 0 aromatic carbocycles. The Bertz CT molecular complexity index is 1050. The molecule has 180 valence electrons. The molecule has 0 radical (unpaired) electrons. The summed E-state index contributed by atoms with van der Waals surface area (Å²) in [5, 5.41) is 15.0. The number of hydrogen-bond donors (Lipinski definition) is 1. The summed E-state index contributed by atoms with van der Waals surface area (Å²) in [6.45, 7) is 3.81. The zero-order valence-corrected chi connectivity index (χ0v) is 18.2. The van der Waals surface area contributed by atoms with Crippen LogP contribution in [0.5, 0.6) is 0 Å². The van der Waals surface area contributed by atoms with Crippen LogP contribution in [0.15, 0.2) is 23.1 Å². The number of carboxylic acid groups (broad SMARTS) is 1. The van der Waals surface area contributed by atoms with Crippen LogP contribution in [0.25, 0.3) is 0 Å². The van der Waals surface area contributed by atoms with Gasteiger partial charge in [0.05, 0.1) is 30.2 Å². The standard InChI is InChI=1S/C17H22N6O3.C2HF3O2/c1-12-14(7-19-26-12)16(25)22-5-4-17(10-22)11-23(15(24)9-20(17)2)13-6-18-21(3)8-13;3-2(4,5)1(6)7/h6-8H,4-5,9-11H2,1-3H3;(H,6,7). The number of likely N-dealkylation sites (N-methyl/N-ethyl adjacent to an activating group) is 1. The molecule has 2 amide bonds. The second-order valence-corrected chi connectivity index (χ2v) is 8.01. The molecule has 1 atom stereocenters. The molecule has 1 unspecified atom stereocenters. The molecule has 14 heteroatoms. The van der Waals surface area contributed by atoms with Crippen LogP contribution in [0.1, 0.15) is 22.5 Å². The molecule has 4 heterocycles. The van der Waals surface area contributed by atoms with Gasteiger partial charge in [0, 0.05) is 32.9 Å². The molecule has 4 rings (SSSR count). The minimum atomic E-state index is -5.08. The molecule has 2 saturated heterocycles. The first-order valence-corrected chi connectivity index (χ1v) is 9.85. The number of alkyl halides is 3. The number of halogens is 3. The quantitative estimate of drug-likeness (QED) is 0.684. The highest BCUT2D eigenvalue weighted by molar-refractivity contribution is 5.97. The van der Waals surface area contributed by atoms with E-state index < -0.39 is 12.1 Å². The van der Waals surface area contributed by atoms with Crippen LogP contribution in [0.2, 0.25) is 0 Å². The number of likely N-dealkylation sites (tertiary alicyclic amines) is 1. The summed E-state index contributed by atoms with van der Waals surface area (Å²) in [5.74, 6) is -2.25. The lowest BCUT2D eigenvalue weighted by Crippen LogP contribution is -2.64. The van der Waals surface area contributed by atoms with Crippen molar-refractivity contribution in [2.75, 3.05) is 38.1 Å². The van der Waals surface area contributed by atoms with Gasteiger partial charge in [0.15, 0.2) is 0 Å².